The number of hydrogen-bond donors (Lipinski definition) is 0. The third-order valence-electron chi connectivity index (χ3n) is 2.30. The molecule has 0 bridgehead atoms. The van der Waals surface area contributed by atoms with E-state index < -0.39 is 0 Å². The lowest BCUT2D eigenvalue weighted by Gasteiger charge is -2.07. The molecule has 2 aromatic rings. The van der Waals surface area contributed by atoms with Crippen molar-refractivity contribution >= 4 is 22.2 Å². The van der Waals surface area contributed by atoms with Gasteiger partial charge in [-0.2, -0.15) is 0 Å². The van der Waals surface area contributed by atoms with Gasteiger partial charge >= 0.3 is 0 Å². The van der Waals surface area contributed by atoms with Gasteiger partial charge in [0.1, 0.15) is 5.69 Å². The number of nitrogens with zero attached hydrogens (tertiary/aromatic N) is 3. The highest BCUT2D eigenvalue weighted by Crippen LogP contribution is 2.20. The van der Waals surface area contributed by atoms with Crippen LogP contribution in [0.4, 0.5) is 0 Å². The summed E-state index contributed by atoms with van der Waals surface area (Å²) in [6.07, 6.45) is 3.20. The molecule has 16 heavy (non-hydrogen) atoms. The fourth-order valence-corrected chi connectivity index (χ4v) is 1.92. The first-order valence-electron chi connectivity index (χ1n) is 4.91. The fraction of sp³-hybridized carbons (Fsp3) is 0.182. The van der Waals surface area contributed by atoms with Gasteiger partial charge in [0.15, 0.2) is 6.29 Å². The van der Waals surface area contributed by atoms with Crippen LogP contribution in [0.5, 0.6) is 0 Å². The summed E-state index contributed by atoms with van der Waals surface area (Å²) < 4.78 is 2.65. The maximum atomic E-state index is 10.5. The van der Waals surface area contributed by atoms with E-state index in [1.165, 1.54) is 0 Å². The molecule has 2 rings (SSSR count). The van der Waals surface area contributed by atoms with Gasteiger partial charge in [-0.15, -0.1) is 5.10 Å². The first kappa shape index (κ1) is 11.0. The van der Waals surface area contributed by atoms with Gasteiger partial charge in [0.05, 0.1) is 11.9 Å². The fourth-order valence-electron chi connectivity index (χ4n) is 1.51. The van der Waals surface area contributed by atoms with Crippen LogP contribution in [0.15, 0.2) is 28.9 Å². The van der Waals surface area contributed by atoms with Crippen LogP contribution in [0.25, 0.3) is 5.69 Å². The van der Waals surface area contributed by atoms with Crippen LogP contribution < -0.4 is 0 Å². The maximum absolute atomic E-state index is 10.5. The van der Waals surface area contributed by atoms with Crippen molar-refractivity contribution in [2.45, 2.75) is 13.3 Å². The number of halogens is 1. The Morgan fingerprint density at radius 3 is 2.94 bits per heavy atom. The number of rotatable bonds is 3. The van der Waals surface area contributed by atoms with Crippen molar-refractivity contribution in [2.75, 3.05) is 0 Å². The predicted octanol–water partition coefficient (Wildman–Crippen LogP) is 2.40. The van der Waals surface area contributed by atoms with Crippen molar-refractivity contribution in [3.8, 4) is 5.69 Å². The van der Waals surface area contributed by atoms with E-state index in [9.17, 15) is 4.79 Å². The summed E-state index contributed by atoms with van der Waals surface area (Å²) >= 11 is 3.43. The molecule has 0 atom stereocenters. The number of aryl methyl sites for hydroxylation is 1. The summed E-state index contributed by atoms with van der Waals surface area (Å²) in [5, 5.41) is 7.66. The minimum Gasteiger partial charge on any atom is -0.296 e. The second-order valence-corrected chi connectivity index (χ2v) is 4.25. The molecule has 1 aromatic carbocycles. The zero-order valence-corrected chi connectivity index (χ0v) is 10.3. The van der Waals surface area contributed by atoms with Crippen molar-refractivity contribution in [3.05, 3.63) is 40.1 Å². The number of hydrogen-bond acceptors (Lipinski definition) is 3. The molecule has 82 valence electrons. The number of benzene rings is 1. The Morgan fingerprint density at radius 2 is 2.31 bits per heavy atom. The van der Waals surface area contributed by atoms with E-state index in [2.05, 4.69) is 33.2 Å². The van der Waals surface area contributed by atoms with Gasteiger partial charge < -0.3 is 0 Å². The molecular weight excluding hydrogens is 270 g/mol. The quantitative estimate of drug-likeness (QED) is 0.811. The van der Waals surface area contributed by atoms with Gasteiger partial charge in [0.2, 0.25) is 0 Å². The lowest BCUT2D eigenvalue weighted by atomic mass is 10.1. The lowest BCUT2D eigenvalue weighted by Crippen LogP contribution is -1.99. The summed E-state index contributed by atoms with van der Waals surface area (Å²) in [7, 11) is 0. The Labute approximate surface area is 101 Å². The maximum Gasteiger partial charge on any atom is 0.171 e. The SMILES string of the molecule is CCc1cc(Br)ccc1-n1cc(C=O)nn1. The first-order chi connectivity index (χ1) is 7.74. The van der Waals surface area contributed by atoms with Gasteiger partial charge in [0, 0.05) is 4.47 Å². The first-order valence-corrected chi connectivity index (χ1v) is 5.70. The molecule has 0 aliphatic rings. The Bertz CT molecular complexity index is 522. The molecule has 1 heterocycles. The van der Waals surface area contributed by atoms with Gasteiger partial charge in [-0.05, 0) is 30.2 Å². The standard InChI is InChI=1S/C11H10BrN3O/c1-2-8-5-9(12)3-4-11(8)15-6-10(7-16)13-14-15/h3-7H,2H2,1H3. The van der Waals surface area contributed by atoms with Crippen molar-refractivity contribution in [1.82, 2.24) is 15.0 Å². The molecule has 0 spiro atoms. The van der Waals surface area contributed by atoms with Gasteiger partial charge in [0.25, 0.3) is 0 Å². The average molecular weight is 280 g/mol. The van der Waals surface area contributed by atoms with E-state index in [0.717, 1.165) is 22.1 Å². The molecule has 0 fully saturated rings. The molecule has 0 saturated carbocycles. The average Bonchev–Trinajstić information content (AvgIpc) is 2.77. The smallest absolute Gasteiger partial charge is 0.171 e. The van der Waals surface area contributed by atoms with Crippen LogP contribution in [0.2, 0.25) is 0 Å². The Hall–Kier alpha value is -1.49. The van der Waals surface area contributed by atoms with E-state index in [1.54, 1.807) is 10.9 Å². The molecule has 0 radical (unpaired) electrons. The van der Waals surface area contributed by atoms with Crippen LogP contribution >= 0.6 is 15.9 Å². The summed E-state index contributed by atoms with van der Waals surface area (Å²) in [6, 6.07) is 5.93. The Kier molecular flexibility index (Phi) is 3.14. The second kappa shape index (κ2) is 4.57. The van der Waals surface area contributed by atoms with Crippen molar-refractivity contribution in [1.29, 1.82) is 0 Å². The Balaban J connectivity index is 2.50. The molecule has 0 saturated heterocycles. The molecule has 5 heteroatoms. The van der Waals surface area contributed by atoms with E-state index >= 15 is 0 Å². The molecule has 0 aliphatic carbocycles. The van der Waals surface area contributed by atoms with Gasteiger partial charge in [-0.3, -0.25) is 4.79 Å². The van der Waals surface area contributed by atoms with Crippen LogP contribution in [-0.2, 0) is 6.42 Å². The largest absolute Gasteiger partial charge is 0.296 e. The van der Waals surface area contributed by atoms with Crippen molar-refractivity contribution in [3.63, 3.8) is 0 Å². The van der Waals surface area contributed by atoms with Crippen LogP contribution in [0, 0.1) is 0 Å². The number of aldehydes is 1. The monoisotopic (exact) mass is 279 g/mol. The summed E-state index contributed by atoms with van der Waals surface area (Å²) in [5.41, 5.74) is 2.44. The molecule has 0 aliphatic heterocycles. The number of aromatic nitrogens is 3. The molecular formula is C11H10BrN3O. The van der Waals surface area contributed by atoms with Crippen molar-refractivity contribution < 1.29 is 4.79 Å². The van der Waals surface area contributed by atoms with E-state index in [4.69, 9.17) is 0 Å². The van der Waals surface area contributed by atoms with E-state index in [1.807, 2.05) is 18.2 Å². The minimum absolute atomic E-state index is 0.338. The zero-order valence-electron chi connectivity index (χ0n) is 8.72. The highest BCUT2D eigenvalue weighted by atomic mass is 79.9. The molecule has 0 unspecified atom stereocenters. The van der Waals surface area contributed by atoms with E-state index in [-0.39, 0.29) is 0 Å². The van der Waals surface area contributed by atoms with Crippen LogP contribution in [-0.4, -0.2) is 21.3 Å². The third kappa shape index (κ3) is 2.04. The molecule has 0 N–H and O–H groups in total. The zero-order chi connectivity index (χ0) is 11.5. The Morgan fingerprint density at radius 1 is 1.50 bits per heavy atom. The van der Waals surface area contributed by atoms with Crippen LogP contribution in [0.3, 0.4) is 0 Å². The van der Waals surface area contributed by atoms with Crippen molar-refractivity contribution in [2.24, 2.45) is 0 Å². The van der Waals surface area contributed by atoms with E-state index in [0.29, 0.717) is 12.0 Å². The number of carbonyl (C=O) groups is 1. The summed E-state index contributed by atoms with van der Waals surface area (Å²) in [5.74, 6) is 0. The van der Waals surface area contributed by atoms with Crippen LogP contribution in [0.1, 0.15) is 23.0 Å². The highest BCUT2D eigenvalue weighted by molar-refractivity contribution is 9.10. The van der Waals surface area contributed by atoms with Gasteiger partial charge in [-0.1, -0.05) is 28.1 Å². The molecule has 0 amide bonds. The predicted molar refractivity (Wildman–Crippen MR) is 63.8 cm³/mol. The third-order valence-corrected chi connectivity index (χ3v) is 2.79. The molecule has 4 nitrogen and oxygen atoms in total. The summed E-state index contributed by atoms with van der Waals surface area (Å²) in [6.45, 7) is 2.07. The normalized spacial score (nSPS) is 10.4. The lowest BCUT2D eigenvalue weighted by molar-refractivity contribution is 0.111. The molecule has 1 aromatic heterocycles. The van der Waals surface area contributed by atoms with Gasteiger partial charge in [-0.25, -0.2) is 4.68 Å². The highest BCUT2D eigenvalue weighted by Gasteiger charge is 2.06. The minimum atomic E-state index is 0.338. The topological polar surface area (TPSA) is 47.8 Å². The number of carbonyl (C=O) groups excluding carboxylic acids is 1. The summed E-state index contributed by atoms with van der Waals surface area (Å²) in [4.78, 5) is 10.5. The second-order valence-electron chi connectivity index (χ2n) is 3.33.